The Labute approximate surface area is 100 Å². The summed E-state index contributed by atoms with van der Waals surface area (Å²) in [4.78, 5) is 2.44. The summed E-state index contributed by atoms with van der Waals surface area (Å²) in [6, 6.07) is 1.21. The maximum absolute atomic E-state index is 9.60. The van der Waals surface area contributed by atoms with Crippen LogP contribution in [-0.4, -0.2) is 47.8 Å². The molecule has 1 fully saturated rings. The van der Waals surface area contributed by atoms with Crippen LogP contribution in [0.2, 0.25) is 0 Å². The van der Waals surface area contributed by atoms with Gasteiger partial charge in [0, 0.05) is 17.6 Å². The van der Waals surface area contributed by atoms with Crippen LogP contribution in [0.1, 0.15) is 46.5 Å². The predicted molar refractivity (Wildman–Crippen MR) is 68.6 cm³/mol. The topological polar surface area (TPSA) is 35.5 Å². The molecule has 0 aromatic heterocycles. The third kappa shape index (κ3) is 3.19. The van der Waals surface area contributed by atoms with E-state index in [1.54, 1.807) is 0 Å². The SMILES string of the molecule is CCCNC1(CO)CCC(N(C)C(C)C)C1. The first-order valence-electron chi connectivity index (χ1n) is 6.62. The Balaban J connectivity index is 2.53. The van der Waals surface area contributed by atoms with E-state index in [-0.39, 0.29) is 12.1 Å². The second kappa shape index (κ2) is 5.99. The van der Waals surface area contributed by atoms with Gasteiger partial charge in [-0.05, 0) is 53.1 Å². The van der Waals surface area contributed by atoms with Crippen molar-refractivity contribution in [3.63, 3.8) is 0 Å². The molecule has 2 N–H and O–H groups in total. The molecule has 0 saturated heterocycles. The second-order valence-corrected chi connectivity index (χ2v) is 5.52. The van der Waals surface area contributed by atoms with Gasteiger partial charge in [0.25, 0.3) is 0 Å². The summed E-state index contributed by atoms with van der Waals surface area (Å²) < 4.78 is 0. The lowest BCUT2D eigenvalue weighted by Gasteiger charge is -2.32. The highest BCUT2D eigenvalue weighted by molar-refractivity contribution is 4.99. The maximum Gasteiger partial charge on any atom is 0.0613 e. The lowest BCUT2D eigenvalue weighted by Crippen LogP contribution is -2.48. The standard InChI is InChI=1S/C13H28N2O/c1-5-8-14-13(10-16)7-6-12(9-13)15(4)11(2)3/h11-12,14,16H,5-10H2,1-4H3. The summed E-state index contributed by atoms with van der Waals surface area (Å²) in [6.45, 7) is 7.93. The van der Waals surface area contributed by atoms with Crippen LogP contribution in [0.15, 0.2) is 0 Å². The molecule has 1 aliphatic rings. The zero-order valence-electron chi connectivity index (χ0n) is 11.3. The van der Waals surface area contributed by atoms with Gasteiger partial charge in [-0.15, -0.1) is 0 Å². The van der Waals surface area contributed by atoms with Crippen molar-refractivity contribution in [1.29, 1.82) is 0 Å². The Bertz CT molecular complexity index is 208. The van der Waals surface area contributed by atoms with Gasteiger partial charge in [0.15, 0.2) is 0 Å². The normalized spacial score (nSPS) is 30.6. The summed E-state index contributed by atoms with van der Waals surface area (Å²) in [7, 11) is 2.20. The molecule has 1 aliphatic carbocycles. The number of aliphatic hydroxyl groups is 1. The fourth-order valence-corrected chi connectivity index (χ4v) is 2.62. The molecule has 3 heteroatoms. The van der Waals surface area contributed by atoms with Crippen LogP contribution >= 0.6 is 0 Å². The monoisotopic (exact) mass is 228 g/mol. The Kier molecular flexibility index (Phi) is 5.22. The van der Waals surface area contributed by atoms with Gasteiger partial charge in [-0.2, -0.15) is 0 Å². The molecule has 1 rings (SSSR count). The van der Waals surface area contributed by atoms with E-state index in [2.05, 4.69) is 38.0 Å². The number of hydrogen-bond donors (Lipinski definition) is 2. The van der Waals surface area contributed by atoms with Gasteiger partial charge in [0.1, 0.15) is 0 Å². The van der Waals surface area contributed by atoms with Gasteiger partial charge in [0.05, 0.1) is 6.61 Å². The van der Waals surface area contributed by atoms with Gasteiger partial charge in [-0.3, -0.25) is 0 Å². The van der Waals surface area contributed by atoms with E-state index in [9.17, 15) is 5.11 Å². The van der Waals surface area contributed by atoms with Crippen molar-refractivity contribution in [2.45, 2.75) is 64.1 Å². The Hall–Kier alpha value is -0.120. The molecule has 0 aromatic rings. The largest absolute Gasteiger partial charge is 0.394 e. The van der Waals surface area contributed by atoms with E-state index in [0.29, 0.717) is 12.1 Å². The van der Waals surface area contributed by atoms with Crippen molar-refractivity contribution in [2.24, 2.45) is 0 Å². The molecule has 1 saturated carbocycles. The minimum atomic E-state index is -0.0101. The summed E-state index contributed by atoms with van der Waals surface area (Å²) in [5, 5.41) is 13.1. The van der Waals surface area contributed by atoms with Crippen LogP contribution in [0.5, 0.6) is 0 Å². The molecule has 96 valence electrons. The van der Waals surface area contributed by atoms with E-state index in [4.69, 9.17) is 0 Å². The molecule has 3 nitrogen and oxygen atoms in total. The smallest absolute Gasteiger partial charge is 0.0613 e. The number of nitrogens with zero attached hydrogens (tertiary/aromatic N) is 1. The van der Waals surface area contributed by atoms with E-state index < -0.39 is 0 Å². The zero-order valence-corrected chi connectivity index (χ0v) is 11.3. The zero-order chi connectivity index (χ0) is 12.2. The van der Waals surface area contributed by atoms with Gasteiger partial charge in [-0.25, -0.2) is 0 Å². The molecule has 0 aliphatic heterocycles. The first-order valence-corrected chi connectivity index (χ1v) is 6.62. The lowest BCUT2D eigenvalue weighted by molar-refractivity contribution is 0.141. The van der Waals surface area contributed by atoms with Crippen molar-refractivity contribution < 1.29 is 5.11 Å². The molecule has 0 spiro atoms. The highest BCUT2D eigenvalue weighted by atomic mass is 16.3. The fraction of sp³-hybridized carbons (Fsp3) is 1.00. The Morgan fingerprint density at radius 2 is 2.19 bits per heavy atom. The van der Waals surface area contributed by atoms with Crippen molar-refractivity contribution >= 4 is 0 Å². The minimum absolute atomic E-state index is 0.0101. The molecule has 16 heavy (non-hydrogen) atoms. The van der Waals surface area contributed by atoms with E-state index in [1.165, 1.54) is 6.42 Å². The van der Waals surface area contributed by atoms with Crippen LogP contribution < -0.4 is 5.32 Å². The van der Waals surface area contributed by atoms with Crippen LogP contribution in [0, 0.1) is 0 Å². The third-order valence-electron chi connectivity index (χ3n) is 4.03. The molecule has 0 aromatic carbocycles. The van der Waals surface area contributed by atoms with Gasteiger partial charge < -0.3 is 15.3 Å². The lowest BCUT2D eigenvalue weighted by atomic mass is 9.98. The van der Waals surface area contributed by atoms with E-state index >= 15 is 0 Å². The predicted octanol–water partition coefficient (Wildman–Crippen LogP) is 1.61. The number of hydrogen-bond acceptors (Lipinski definition) is 3. The van der Waals surface area contributed by atoms with E-state index in [1.807, 2.05) is 0 Å². The highest BCUT2D eigenvalue weighted by Gasteiger charge is 2.39. The van der Waals surface area contributed by atoms with Crippen LogP contribution in [0.3, 0.4) is 0 Å². The van der Waals surface area contributed by atoms with Crippen LogP contribution in [0.25, 0.3) is 0 Å². The van der Waals surface area contributed by atoms with Gasteiger partial charge >= 0.3 is 0 Å². The van der Waals surface area contributed by atoms with Crippen molar-refractivity contribution in [1.82, 2.24) is 10.2 Å². The molecule has 2 unspecified atom stereocenters. The highest BCUT2D eigenvalue weighted by Crippen LogP contribution is 2.33. The fourth-order valence-electron chi connectivity index (χ4n) is 2.62. The Morgan fingerprint density at radius 1 is 1.50 bits per heavy atom. The summed E-state index contributed by atoms with van der Waals surface area (Å²) >= 11 is 0. The number of aliphatic hydroxyl groups excluding tert-OH is 1. The minimum Gasteiger partial charge on any atom is -0.394 e. The third-order valence-corrected chi connectivity index (χ3v) is 4.03. The number of nitrogens with one attached hydrogen (secondary N) is 1. The van der Waals surface area contributed by atoms with Gasteiger partial charge in [0.2, 0.25) is 0 Å². The van der Waals surface area contributed by atoms with Crippen molar-refractivity contribution in [3.05, 3.63) is 0 Å². The summed E-state index contributed by atoms with van der Waals surface area (Å²) in [5.41, 5.74) is -0.0101. The second-order valence-electron chi connectivity index (χ2n) is 5.52. The molecular formula is C13H28N2O. The van der Waals surface area contributed by atoms with E-state index in [0.717, 1.165) is 25.8 Å². The maximum atomic E-state index is 9.60. The van der Waals surface area contributed by atoms with Crippen molar-refractivity contribution in [3.8, 4) is 0 Å². The molecule has 0 heterocycles. The Morgan fingerprint density at radius 3 is 2.69 bits per heavy atom. The molecule has 0 amide bonds. The van der Waals surface area contributed by atoms with Gasteiger partial charge in [-0.1, -0.05) is 6.92 Å². The first kappa shape index (κ1) is 13.9. The van der Waals surface area contributed by atoms with Crippen LogP contribution in [-0.2, 0) is 0 Å². The summed E-state index contributed by atoms with van der Waals surface area (Å²) in [5.74, 6) is 0. The average Bonchev–Trinajstić information content (AvgIpc) is 2.70. The summed E-state index contributed by atoms with van der Waals surface area (Å²) in [6.07, 6.45) is 4.52. The molecule has 0 bridgehead atoms. The van der Waals surface area contributed by atoms with Crippen molar-refractivity contribution in [2.75, 3.05) is 20.2 Å². The quantitative estimate of drug-likeness (QED) is 0.725. The van der Waals surface area contributed by atoms with Crippen LogP contribution in [0.4, 0.5) is 0 Å². The average molecular weight is 228 g/mol. The first-order chi connectivity index (χ1) is 7.54. The molecular weight excluding hydrogens is 200 g/mol. The number of rotatable bonds is 6. The molecule has 2 atom stereocenters. The molecule has 0 radical (unpaired) electrons.